The topological polar surface area (TPSA) is 98.6 Å². The van der Waals surface area contributed by atoms with Gasteiger partial charge in [-0.15, -0.1) is 0 Å². The van der Waals surface area contributed by atoms with Crippen molar-refractivity contribution in [3.8, 4) is 22.8 Å². The number of aromatic nitrogens is 3. The fraction of sp³-hybridized carbons (Fsp3) is 0.217. The third-order valence-electron chi connectivity index (χ3n) is 5.89. The molecule has 0 saturated carbocycles. The molecule has 2 aromatic carbocycles. The third-order valence-corrected chi connectivity index (χ3v) is 5.89. The second-order valence-corrected chi connectivity index (χ2v) is 7.67. The van der Waals surface area contributed by atoms with Gasteiger partial charge in [0.25, 0.3) is 5.56 Å². The minimum Gasteiger partial charge on any atom is -0.508 e. The minimum atomic E-state index is -0.765. The second-order valence-electron chi connectivity index (χ2n) is 7.67. The van der Waals surface area contributed by atoms with Crippen LogP contribution in [0.2, 0.25) is 0 Å². The SMILES string of the molecule is Cn1c(=O)c2c(-c3ccccc3)n3c(c2n(C)c1=O)[C@@H](c1cc(O)ccc1O)OCC3. The predicted molar refractivity (Wildman–Crippen MR) is 115 cm³/mol. The first-order chi connectivity index (χ1) is 14.9. The quantitative estimate of drug-likeness (QED) is 0.486. The Kier molecular flexibility index (Phi) is 4.26. The molecule has 8 heteroatoms. The van der Waals surface area contributed by atoms with E-state index < -0.39 is 17.4 Å². The molecule has 0 radical (unpaired) electrons. The lowest BCUT2D eigenvalue weighted by Crippen LogP contribution is -2.37. The summed E-state index contributed by atoms with van der Waals surface area (Å²) in [4.78, 5) is 26.1. The number of hydrogen-bond donors (Lipinski definition) is 2. The average molecular weight is 419 g/mol. The standard InChI is InChI=1S/C23H21N3O5/c1-24-19-17(22(29)25(2)23(24)30)18(13-6-4-3-5-7-13)26-10-11-31-21(20(19)26)15-12-14(27)8-9-16(15)28/h3-9,12,21,27-28H,10-11H2,1-2H3/t21-/m1/s1. The van der Waals surface area contributed by atoms with Gasteiger partial charge in [-0.3, -0.25) is 13.9 Å². The van der Waals surface area contributed by atoms with Crippen LogP contribution < -0.4 is 11.2 Å². The van der Waals surface area contributed by atoms with Crippen LogP contribution in [-0.4, -0.2) is 30.5 Å². The van der Waals surface area contributed by atoms with E-state index in [1.54, 1.807) is 7.05 Å². The predicted octanol–water partition coefficient (Wildman–Crippen LogP) is 2.24. The Morgan fingerprint density at radius 1 is 1.00 bits per heavy atom. The Bertz CT molecular complexity index is 1450. The van der Waals surface area contributed by atoms with Gasteiger partial charge in [0.1, 0.15) is 17.6 Å². The maximum absolute atomic E-state index is 13.3. The second kappa shape index (κ2) is 6.88. The first kappa shape index (κ1) is 19.2. The molecule has 0 saturated heterocycles. The summed E-state index contributed by atoms with van der Waals surface area (Å²) in [6, 6.07) is 13.8. The van der Waals surface area contributed by atoms with Gasteiger partial charge in [0.15, 0.2) is 0 Å². The van der Waals surface area contributed by atoms with Crippen molar-refractivity contribution in [1.29, 1.82) is 0 Å². The van der Waals surface area contributed by atoms with Crippen LogP contribution in [0.15, 0.2) is 58.1 Å². The summed E-state index contributed by atoms with van der Waals surface area (Å²) in [5.74, 6) is -0.0573. The molecule has 5 rings (SSSR count). The molecule has 0 amide bonds. The van der Waals surface area contributed by atoms with Crippen molar-refractivity contribution in [2.45, 2.75) is 12.6 Å². The molecule has 2 aromatic heterocycles. The van der Waals surface area contributed by atoms with Crippen molar-refractivity contribution in [2.24, 2.45) is 14.1 Å². The zero-order valence-electron chi connectivity index (χ0n) is 17.1. The Labute approximate surface area is 176 Å². The summed E-state index contributed by atoms with van der Waals surface area (Å²) in [6.07, 6.45) is -0.765. The largest absolute Gasteiger partial charge is 0.508 e. The fourth-order valence-corrected chi connectivity index (χ4v) is 4.46. The van der Waals surface area contributed by atoms with Crippen LogP contribution >= 0.6 is 0 Å². The van der Waals surface area contributed by atoms with Gasteiger partial charge in [0.2, 0.25) is 0 Å². The van der Waals surface area contributed by atoms with E-state index in [2.05, 4.69) is 0 Å². The highest BCUT2D eigenvalue weighted by Gasteiger charge is 2.34. The number of rotatable bonds is 2. The molecule has 0 spiro atoms. The molecule has 31 heavy (non-hydrogen) atoms. The van der Waals surface area contributed by atoms with E-state index in [1.165, 1.54) is 29.8 Å². The van der Waals surface area contributed by atoms with E-state index in [1.807, 2.05) is 34.9 Å². The van der Waals surface area contributed by atoms with Crippen LogP contribution in [0.25, 0.3) is 22.2 Å². The smallest absolute Gasteiger partial charge is 0.331 e. The van der Waals surface area contributed by atoms with Crippen molar-refractivity contribution in [3.05, 3.63) is 80.6 Å². The van der Waals surface area contributed by atoms with Crippen molar-refractivity contribution in [3.63, 3.8) is 0 Å². The first-order valence-electron chi connectivity index (χ1n) is 9.91. The van der Waals surface area contributed by atoms with Crippen LogP contribution in [0.3, 0.4) is 0 Å². The summed E-state index contributed by atoms with van der Waals surface area (Å²) in [6.45, 7) is 0.809. The number of nitrogens with zero attached hydrogens (tertiary/aromatic N) is 3. The molecule has 1 aliphatic rings. The van der Waals surface area contributed by atoms with E-state index in [0.29, 0.717) is 41.0 Å². The lowest BCUT2D eigenvalue weighted by atomic mass is 10.0. The molecule has 3 heterocycles. The van der Waals surface area contributed by atoms with Gasteiger partial charge in [-0.25, -0.2) is 4.79 Å². The number of fused-ring (bicyclic) bond motifs is 3. The molecular weight excluding hydrogens is 398 g/mol. The molecule has 158 valence electrons. The third kappa shape index (κ3) is 2.72. The monoisotopic (exact) mass is 419 g/mol. The van der Waals surface area contributed by atoms with Gasteiger partial charge in [-0.1, -0.05) is 30.3 Å². The van der Waals surface area contributed by atoms with Crippen molar-refractivity contribution in [1.82, 2.24) is 13.7 Å². The number of aryl methyl sites for hydroxylation is 1. The van der Waals surface area contributed by atoms with Gasteiger partial charge < -0.3 is 19.5 Å². The molecule has 1 aliphatic heterocycles. The maximum atomic E-state index is 13.3. The summed E-state index contributed by atoms with van der Waals surface area (Å²) < 4.78 is 10.6. The molecule has 0 unspecified atom stereocenters. The summed E-state index contributed by atoms with van der Waals surface area (Å²) in [5, 5.41) is 20.9. The lowest BCUT2D eigenvalue weighted by molar-refractivity contribution is 0.0463. The number of phenols is 2. The van der Waals surface area contributed by atoms with E-state index >= 15 is 0 Å². The van der Waals surface area contributed by atoms with E-state index in [4.69, 9.17) is 4.74 Å². The minimum absolute atomic E-state index is 0.0162. The first-order valence-corrected chi connectivity index (χ1v) is 9.91. The Morgan fingerprint density at radius 2 is 1.74 bits per heavy atom. The summed E-state index contributed by atoms with van der Waals surface area (Å²) in [7, 11) is 3.08. The van der Waals surface area contributed by atoms with Gasteiger partial charge in [-0.05, 0) is 23.8 Å². The Morgan fingerprint density at radius 3 is 2.48 bits per heavy atom. The van der Waals surface area contributed by atoms with Crippen LogP contribution in [0.1, 0.15) is 17.4 Å². The highest BCUT2D eigenvalue weighted by atomic mass is 16.5. The van der Waals surface area contributed by atoms with E-state index in [-0.39, 0.29) is 11.5 Å². The molecule has 0 aliphatic carbocycles. The zero-order chi connectivity index (χ0) is 21.9. The average Bonchev–Trinajstić information content (AvgIpc) is 3.14. The van der Waals surface area contributed by atoms with E-state index in [0.717, 1.165) is 10.1 Å². The number of benzene rings is 2. The van der Waals surface area contributed by atoms with Crippen LogP contribution in [0, 0.1) is 0 Å². The summed E-state index contributed by atoms with van der Waals surface area (Å²) in [5.41, 5.74) is 2.13. The molecule has 0 bridgehead atoms. The molecule has 2 N–H and O–H groups in total. The van der Waals surface area contributed by atoms with Gasteiger partial charge >= 0.3 is 5.69 Å². The van der Waals surface area contributed by atoms with Gasteiger partial charge in [0, 0.05) is 26.2 Å². The number of hydrogen-bond acceptors (Lipinski definition) is 5. The van der Waals surface area contributed by atoms with Crippen LogP contribution in [0.4, 0.5) is 0 Å². The molecule has 8 nitrogen and oxygen atoms in total. The maximum Gasteiger partial charge on any atom is 0.331 e. The Hall–Kier alpha value is -3.78. The fourth-order valence-electron chi connectivity index (χ4n) is 4.46. The highest BCUT2D eigenvalue weighted by Crippen LogP contribution is 2.43. The van der Waals surface area contributed by atoms with Crippen LogP contribution in [0.5, 0.6) is 11.5 Å². The number of ether oxygens (including phenoxy) is 1. The normalized spacial score (nSPS) is 15.9. The molecule has 1 atom stereocenters. The zero-order valence-corrected chi connectivity index (χ0v) is 17.1. The molecular formula is C23H21N3O5. The highest BCUT2D eigenvalue weighted by molar-refractivity contribution is 5.96. The summed E-state index contributed by atoms with van der Waals surface area (Å²) >= 11 is 0. The lowest BCUT2D eigenvalue weighted by Gasteiger charge is -2.28. The van der Waals surface area contributed by atoms with Gasteiger partial charge in [-0.2, -0.15) is 0 Å². The van der Waals surface area contributed by atoms with Crippen molar-refractivity contribution < 1.29 is 14.9 Å². The number of aromatic hydroxyl groups is 2. The molecule has 4 aromatic rings. The van der Waals surface area contributed by atoms with Crippen molar-refractivity contribution >= 4 is 10.9 Å². The number of phenolic OH excluding ortho intramolecular Hbond substituents is 2. The Balaban J connectivity index is 1.97. The van der Waals surface area contributed by atoms with Crippen LogP contribution in [-0.2, 0) is 25.4 Å². The van der Waals surface area contributed by atoms with Crippen molar-refractivity contribution in [2.75, 3.05) is 6.61 Å². The molecule has 0 fully saturated rings. The van der Waals surface area contributed by atoms with Gasteiger partial charge in [0.05, 0.1) is 28.9 Å². The van der Waals surface area contributed by atoms with E-state index in [9.17, 15) is 19.8 Å².